The van der Waals surface area contributed by atoms with Crippen molar-refractivity contribution in [1.82, 2.24) is 4.90 Å². The summed E-state index contributed by atoms with van der Waals surface area (Å²) in [6, 6.07) is 7.93. The molecule has 0 unspecified atom stereocenters. The Labute approximate surface area is 132 Å². The molecule has 2 rings (SSSR count). The van der Waals surface area contributed by atoms with Crippen LogP contribution < -0.4 is 0 Å². The molecule has 120 valence electrons. The molecule has 0 atom stereocenters. The second-order valence-corrected chi connectivity index (χ2v) is 5.77. The summed E-state index contributed by atoms with van der Waals surface area (Å²) in [4.78, 5) is 25.8. The first-order valence-electron chi connectivity index (χ1n) is 8.19. The van der Waals surface area contributed by atoms with E-state index in [2.05, 4.69) is 11.0 Å². The predicted octanol–water partition coefficient (Wildman–Crippen LogP) is 3.20. The topological polar surface area (TPSA) is 46.6 Å². The highest BCUT2D eigenvalue weighted by molar-refractivity contribution is 5.96. The molecule has 1 aromatic carbocycles. The summed E-state index contributed by atoms with van der Waals surface area (Å²) in [7, 11) is 0. The number of unbranched alkanes of at least 4 members (excludes halogenated alkanes) is 1. The number of ketones is 1. The van der Waals surface area contributed by atoms with Gasteiger partial charge < -0.3 is 4.74 Å². The van der Waals surface area contributed by atoms with Crippen molar-refractivity contribution in [3.8, 4) is 0 Å². The number of carbonyl (C=O) groups excluding carboxylic acids is 2. The SMILES string of the molecule is CCOC(=O)CCCCC(=O)c1cccc(CN2CCC2)c1. The normalized spacial score (nSPS) is 14.4. The Bertz CT molecular complexity index is 509. The molecular weight excluding hydrogens is 278 g/mol. The fourth-order valence-corrected chi connectivity index (χ4v) is 2.57. The highest BCUT2D eigenvalue weighted by atomic mass is 16.5. The molecule has 1 aliphatic rings. The third kappa shape index (κ3) is 5.26. The molecule has 1 fully saturated rings. The van der Waals surface area contributed by atoms with E-state index in [1.807, 2.05) is 18.2 Å². The number of esters is 1. The molecule has 1 aliphatic heterocycles. The summed E-state index contributed by atoms with van der Waals surface area (Å²) >= 11 is 0. The molecule has 4 nitrogen and oxygen atoms in total. The zero-order chi connectivity index (χ0) is 15.8. The van der Waals surface area contributed by atoms with E-state index in [9.17, 15) is 9.59 Å². The average Bonchev–Trinajstić information content (AvgIpc) is 2.48. The first kappa shape index (κ1) is 16.7. The van der Waals surface area contributed by atoms with Crippen LogP contribution in [0.4, 0.5) is 0 Å². The quantitative estimate of drug-likeness (QED) is 0.399. The van der Waals surface area contributed by atoms with Gasteiger partial charge in [0.1, 0.15) is 0 Å². The van der Waals surface area contributed by atoms with Crippen molar-refractivity contribution >= 4 is 11.8 Å². The van der Waals surface area contributed by atoms with E-state index >= 15 is 0 Å². The number of carbonyl (C=O) groups is 2. The molecule has 0 N–H and O–H groups in total. The minimum atomic E-state index is -0.175. The molecule has 1 aromatic rings. The minimum Gasteiger partial charge on any atom is -0.466 e. The zero-order valence-corrected chi connectivity index (χ0v) is 13.3. The molecular formula is C18H25NO3. The van der Waals surface area contributed by atoms with Crippen LogP contribution in [0.2, 0.25) is 0 Å². The molecule has 0 spiro atoms. The first-order valence-corrected chi connectivity index (χ1v) is 8.19. The molecule has 0 aromatic heterocycles. The minimum absolute atomic E-state index is 0.161. The van der Waals surface area contributed by atoms with Gasteiger partial charge in [-0.25, -0.2) is 0 Å². The smallest absolute Gasteiger partial charge is 0.305 e. The lowest BCUT2D eigenvalue weighted by molar-refractivity contribution is -0.143. The summed E-state index contributed by atoms with van der Waals surface area (Å²) in [5.74, 6) is -0.0131. The maximum atomic E-state index is 12.2. The number of rotatable bonds is 9. The van der Waals surface area contributed by atoms with E-state index in [4.69, 9.17) is 4.74 Å². The third-order valence-corrected chi connectivity index (χ3v) is 3.94. The number of Topliss-reactive ketones (excluding diaryl/α,β-unsaturated/α-hetero) is 1. The largest absolute Gasteiger partial charge is 0.466 e. The van der Waals surface area contributed by atoms with E-state index in [1.54, 1.807) is 6.92 Å². The van der Waals surface area contributed by atoms with Crippen LogP contribution in [-0.4, -0.2) is 36.3 Å². The fraction of sp³-hybridized carbons (Fsp3) is 0.556. The molecule has 1 heterocycles. The number of benzene rings is 1. The van der Waals surface area contributed by atoms with Crippen LogP contribution in [0.15, 0.2) is 24.3 Å². The average molecular weight is 303 g/mol. The number of ether oxygens (including phenoxy) is 1. The van der Waals surface area contributed by atoms with Crippen LogP contribution >= 0.6 is 0 Å². The zero-order valence-electron chi connectivity index (χ0n) is 13.3. The number of nitrogens with zero attached hydrogens (tertiary/aromatic N) is 1. The van der Waals surface area contributed by atoms with E-state index < -0.39 is 0 Å². The number of hydrogen-bond acceptors (Lipinski definition) is 4. The number of likely N-dealkylation sites (tertiary alicyclic amines) is 1. The van der Waals surface area contributed by atoms with Gasteiger partial charge in [0.25, 0.3) is 0 Å². The Morgan fingerprint density at radius 3 is 2.64 bits per heavy atom. The van der Waals surface area contributed by atoms with E-state index in [1.165, 1.54) is 12.0 Å². The second-order valence-electron chi connectivity index (χ2n) is 5.77. The summed E-state index contributed by atoms with van der Waals surface area (Å²) in [5.41, 5.74) is 1.99. The summed E-state index contributed by atoms with van der Waals surface area (Å²) in [6.07, 6.45) is 3.60. The van der Waals surface area contributed by atoms with E-state index in [0.29, 0.717) is 25.9 Å². The van der Waals surface area contributed by atoms with Gasteiger partial charge in [-0.1, -0.05) is 18.2 Å². The van der Waals surface area contributed by atoms with Gasteiger partial charge in [-0.05, 0) is 50.9 Å². The van der Waals surface area contributed by atoms with Crippen molar-refractivity contribution in [1.29, 1.82) is 0 Å². The van der Waals surface area contributed by atoms with E-state index in [-0.39, 0.29) is 11.8 Å². The van der Waals surface area contributed by atoms with Gasteiger partial charge >= 0.3 is 5.97 Å². The lowest BCUT2D eigenvalue weighted by Crippen LogP contribution is -2.36. The van der Waals surface area contributed by atoms with Crippen LogP contribution in [0.1, 0.15) is 54.9 Å². The van der Waals surface area contributed by atoms with Gasteiger partial charge in [0.05, 0.1) is 6.61 Å². The summed E-state index contributed by atoms with van der Waals surface area (Å²) in [5, 5.41) is 0. The van der Waals surface area contributed by atoms with Crippen molar-refractivity contribution in [2.75, 3.05) is 19.7 Å². The molecule has 22 heavy (non-hydrogen) atoms. The molecule has 0 bridgehead atoms. The highest BCUT2D eigenvalue weighted by Crippen LogP contribution is 2.15. The van der Waals surface area contributed by atoms with E-state index in [0.717, 1.165) is 31.6 Å². The van der Waals surface area contributed by atoms with Gasteiger partial charge in [0.15, 0.2) is 5.78 Å². The molecule has 0 saturated carbocycles. The standard InChI is InChI=1S/C18H25NO3/c1-2-22-18(21)10-4-3-9-17(20)16-8-5-7-15(13-16)14-19-11-6-12-19/h5,7-8,13H,2-4,6,9-12,14H2,1H3. The Morgan fingerprint density at radius 1 is 1.18 bits per heavy atom. The van der Waals surface area contributed by atoms with Crippen molar-refractivity contribution < 1.29 is 14.3 Å². The van der Waals surface area contributed by atoms with Crippen LogP contribution in [-0.2, 0) is 16.1 Å². The Kier molecular flexibility index (Phi) is 6.59. The Balaban J connectivity index is 1.74. The lowest BCUT2D eigenvalue weighted by atomic mass is 10.0. The van der Waals surface area contributed by atoms with Gasteiger partial charge in [0.2, 0.25) is 0 Å². The lowest BCUT2D eigenvalue weighted by Gasteiger charge is -2.30. The monoisotopic (exact) mass is 303 g/mol. The maximum Gasteiger partial charge on any atom is 0.305 e. The molecule has 4 heteroatoms. The van der Waals surface area contributed by atoms with Crippen LogP contribution in [0, 0.1) is 0 Å². The molecule has 0 radical (unpaired) electrons. The molecule has 1 saturated heterocycles. The van der Waals surface area contributed by atoms with Crippen molar-refractivity contribution in [3.05, 3.63) is 35.4 Å². The highest BCUT2D eigenvalue weighted by Gasteiger charge is 2.14. The summed E-state index contributed by atoms with van der Waals surface area (Å²) in [6.45, 7) is 5.47. The van der Waals surface area contributed by atoms with Crippen LogP contribution in [0.3, 0.4) is 0 Å². The first-order chi connectivity index (χ1) is 10.7. The fourth-order valence-electron chi connectivity index (χ4n) is 2.57. The van der Waals surface area contributed by atoms with Crippen LogP contribution in [0.5, 0.6) is 0 Å². The Morgan fingerprint density at radius 2 is 1.95 bits per heavy atom. The summed E-state index contributed by atoms with van der Waals surface area (Å²) < 4.78 is 4.87. The maximum absolute atomic E-state index is 12.2. The van der Waals surface area contributed by atoms with Gasteiger partial charge in [-0.2, -0.15) is 0 Å². The predicted molar refractivity (Wildman–Crippen MR) is 85.8 cm³/mol. The van der Waals surface area contributed by atoms with Crippen molar-refractivity contribution in [3.63, 3.8) is 0 Å². The van der Waals surface area contributed by atoms with Crippen molar-refractivity contribution in [2.24, 2.45) is 0 Å². The van der Waals surface area contributed by atoms with Gasteiger partial charge in [0, 0.05) is 24.9 Å². The third-order valence-electron chi connectivity index (χ3n) is 3.94. The number of hydrogen-bond donors (Lipinski definition) is 0. The van der Waals surface area contributed by atoms with Gasteiger partial charge in [-0.15, -0.1) is 0 Å². The Hall–Kier alpha value is -1.68. The molecule has 0 amide bonds. The van der Waals surface area contributed by atoms with Gasteiger partial charge in [-0.3, -0.25) is 14.5 Å². The molecule has 0 aliphatic carbocycles. The van der Waals surface area contributed by atoms with Crippen LogP contribution in [0.25, 0.3) is 0 Å². The van der Waals surface area contributed by atoms with Crippen molar-refractivity contribution in [2.45, 2.75) is 45.6 Å². The second kappa shape index (κ2) is 8.69.